The summed E-state index contributed by atoms with van der Waals surface area (Å²) < 4.78 is 10.4. The van der Waals surface area contributed by atoms with Gasteiger partial charge >= 0.3 is 6.09 Å². The van der Waals surface area contributed by atoms with E-state index >= 15 is 0 Å². The Kier molecular flexibility index (Phi) is 10.5. The molecule has 0 aromatic heterocycles. The van der Waals surface area contributed by atoms with Gasteiger partial charge in [-0.3, -0.25) is 9.59 Å². The zero-order valence-corrected chi connectivity index (χ0v) is 23.1. The minimum Gasteiger partial charge on any atom is -0.507 e. The van der Waals surface area contributed by atoms with Gasteiger partial charge in [-0.15, -0.1) is 0 Å². The molecule has 10 heteroatoms. The average molecular weight is 530 g/mol. The van der Waals surface area contributed by atoms with Crippen LogP contribution < -0.4 is 15.4 Å². The van der Waals surface area contributed by atoms with Gasteiger partial charge in [0.25, 0.3) is 5.91 Å². The Hall–Kier alpha value is -3.79. The molecule has 208 valence electrons. The number of phenols is 1. The van der Waals surface area contributed by atoms with E-state index in [9.17, 15) is 24.6 Å². The van der Waals surface area contributed by atoms with Crippen LogP contribution >= 0.6 is 0 Å². The van der Waals surface area contributed by atoms with Crippen LogP contribution in [0.15, 0.2) is 42.5 Å². The van der Waals surface area contributed by atoms with E-state index in [1.807, 2.05) is 6.92 Å². The Balaban J connectivity index is 2.55. The molecule has 38 heavy (non-hydrogen) atoms. The van der Waals surface area contributed by atoms with E-state index in [1.165, 1.54) is 12.0 Å². The maximum Gasteiger partial charge on any atom is 0.408 e. The topological polar surface area (TPSA) is 137 Å². The van der Waals surface area contributed by atoms with Crippen molar-refractivity contribution in [2.45, 2.75) is 71.7 Å². The molecule has 3 amide bonds. The van der Waals surface area contributed by atoms with Crippen molar-refractivity contribution in [2.24, 2.45) is 0 Å². The van der Waals surface area contributed by atoms with Gasteiger partial charge in [-0.2, -0.15) is 0 Å². The molecule has 2 aromatic carbocycles. The van der Waals surface area contributed by atoms with Crippen molar-refractivity contribution < 1.29 is 34.1 Å². The van der Waals surface area contributed by atoms with E-state index in [2.05, 4.69) is 10.6 Å². The summed E-state index contributed by atoms with van der Waals surface area (Å²) in [6, 6.07) is 8.42. The first-order chi connectivity index (χ1) is 17.8. The van der Waals surface area contributed by atoms with Crippen LogP contribution in [0, 0.1) is 6.92 Å². The predicted octanol–water partition coefficient (Wildman–Crippen LogP) is 3.90. The molecule has 0 aliphatic carbocycles. The molecule has 0 radical (unpaired) electrons. The summed E-state index contributed by atoms with van der Waals surface area (Å²) in [5.41, 5.74) is 0.359. The molecule has 2 aromatic rings. The van der Waals surface area contributed by atoms with Crippen molar-refractivity contribution in [1.82, 2.24) is 10.2 Å². The summed E-state index contributed by atoms with van der Waals surface area (Å²) in [5, 5.41) is 26.2. The minimum absolute atomic E-state index is 0.135. The summed E-state index contributed by atoms with van der Waals surface area (Å²) in [6.07, 6.45) is -0.429. The van der Waals surface area contributed by atoms with Gasteiger partial charge in [-0.1, -0.05) is 25.1 Å². The van der Waals surface area contributed by atoms with E-state index in [4.69, 9.17) is 9.47 Å². The predicted molar refractivity (Wildman–Crippen MR) is 144 cm³/mol. The van der Waals surface area contributed by atoms with Crippen molar-refractivity contribution in [3.63, 3.8) is 0 Å². The first-order valence-corrected chi connectivity index (χ1v) is 12.5. The van der Waals surface area contributed by atoms with Gasteiger partial charge in [0.2, 0.25) is 5.91 Å². The van der Waals surface area contributed by atoms with Crippen molar-refractivity contribution in [3.05, 3.63) is 53.6 Å². The second-order valence-electron chi connectivity index (χ2n) is 10.0. The third-order valence-electron chi connectivity index (χ3n) is 5.94. The van der Waals surface area contributed by atoms with Crippen LogP contribution in [0.25, 0.3) is 0 Å². The van der Waals surface area contributed by atoms with Gasteiger partial charge in [-0.05, 0) is 70.9 Å². The van der Waals surface area contributed by atoms with E-state index in [1.54, 1.807) is 77.1 Å². The number of carbonyl (C=O) groups is 3. The van der Waals surface area contributed by atoms with E-state index in [0.717, 1.165) is 0 Å². The Labute approximate surface area is 223 Å². The molecule has 3 unspecified atom stereocenters. The highest BCUT2D eigenvalue weighted by Crippen LogP contribution is 2.34. The number of aliphatic hydroxyl groups is 1. The summed E-state index contributed by atoms with van der Waals surface area (Å²) >= 11 is 0. The number of nitrogens with zero attached hydrogens (tertiary/aromatic N) is 1. The van der Waals surface area contributed by atoms with Crippen molar-refractivity contribution in [2.75, 3.05) is 19.0 Å². The molecular weight excluding hydrogens is 490 g/mol. The number of alkyl carbamates (subject to hydrolysis) is 1. The average Bonchev–Trinajstić information content (AvgIpc) is 2.86. The molecule has 0 saturated heterocycles. The molecule has 0 fully saturated rings. The summed E-state index contributed by atoms with van der Waals surface area (Å²) in [4.78, 5) is 41.3. The zero-order chi connectivity index (χ0) is 28.6. The molecule has 0 saturated carbocycles. The summed E-state index contributed by atoms with van der Waals surface area (Å²) in [5.74, 6) is -0.822. The highest BCUT2D eigenvalue weighted by molar-refractivity contribution is 5.99. The molecule has 2 rings (SSSR count). The number of carbonyl (C=O) groups excluding carboxylic acids is 3. The normalized spacial score (nSPS) is 13.6. The second-order valence-corrected chi connectivity index (χ2v) is 10.0. The lowest BCUT2D eigenvalue weighted by Gasteiger charge is -2.38. The van der Waals surface area contributed by atoms with Crippen molar-refractivity contribution in [3.8, 4) is 11.5 Å². The smallest absolute Gasteiger partial charge is 0.408 e. The number of aryl methyl sites for hydroxylation is 1. The Morgan fingerprint density at radius 1 is 1.08 bits per heavy atom. The third-order valence-corrected chi connectivity index (χ3v) is 5.94. The number of rotatable bonds is 10. The second kappa shape index (κ2) is 13.1. The van der Waals surface area contributed by atoms with Crippen LogP contribution in [0.3, 0.4) is 0 Å². The van der Waals surface area contributed by atoms with E-state index in [-0.39, 0.29) is 11.3 Å². The fourth-order valence-corrected chi connectivity index (χ4v) is 3.82. The first kappa shape index (κ1) is 30.4. The third kappa shape index (κ3) is 7.85. The zero-order valence-electron chi connectivity index (χ0n) is 23.1. The van der Waals surface area contributed by atoms with Gasteiger partial charge in [0.1, 0.15) is 29.2 Å². The summed E-state index contributed by atoms with van der Waals surface area (Å²) in [6.45, 7) is 9.58. The lowest BCUT2D eigenvalue weighted by Crippen LogP contribution is -2.56. The molecule has 0 aliphatic heterocycles. The number of phenolic OH excluding ortho intramolecular Hbond substituents is 1. The maximum absolute atomic E-state index is 13.8. The number of aromatic hydroxyl groups is 1. The highest BCUT2D eigenvalue weighted by atomic mass is 16.6. The van der Waals surface area contributed by atoms with Crippen LogP contribution in [0.1, 0.15) is 58.2 Å². The number of amides is 3. The van der Waals surface area contributed by atoms with Crippen molar-refractivity contribution in [1.29, 1.82) is 0 Å². The monoisotopic (exact) mass is 529 g/mol. The first-order valence-electron chi connectivity index (χ1n) is 12.5. The van der Waals surface area contributed by atoms with E-state index in [0.29, 0.717) is 23.4 Å². The number of hydrogen-bond acceptors (Lipinski definition) is 7. The van der Waals surface area contributed by atoms with Gasteiger partial charge in [0.15, 0.2) is 0 Å². The number of nitrogens with one attached hydrogen (secondary N) is 2. The molecule has 10 nitrogen and oxygen atoms in total. The maximum atomic E-state index is 13.8. The van der Waals surface area contributed by atoms with Crippen LogP contribution in [0.4, 0.5) is 10.5 Å². The lowest BCUT2D eigenvalue weighted by atomic mass is 9.97. The fourth-order valence-electron chi connectivity index (χ4n) is 3.82. The number of methoxy groups -OCH3 is 1. The number of aliphatic hydroxyl groups excluding tert-OH is 1. The molecule has 0 bridgehead atoms. The number of anilines is 1. The Morgan fingerprint density at radius 2 is 1.71 bits per heavy atom. The number of ether oxygens (including phenoxy) is 2. The SMILES string of the molecule is CCC(C)N(C(=O)C(CO)NC(=O)OC(C)(C)C)C(C(=O)Nc1ccc(OC)cc1)c1cccc(C)c1O. The fraction of sp³-hybridized carbons (Fsp3) is 0.464. The van der Waals surface area contributed by atoms with Crippen LogP contribution in [0.5, 0.6) is 11.5 Å². The molecule has 4 N–H and O–H groups in total. The van der Waals surface area contributed by atoms with Crippen LogP contribution in [-0.2, 0) is 14.3 Å². The molecule has 3 atom stereocenters. The summed E-state index contributed by atoms with van der Waals surface area (Å²) in [7, 11) is 1.53. The van der Waals surface area contributed by atoms with Crippen molar-refractivity contribution >= 4 is 23.6 Å². The Morgan fingerprint density at radius 3 is 2.24 bits per heavy atom. The van der Waals surface area contributed by atoms with Gasteiger partial charge in [0.05, 0.1) is 13.7 Å². The number of hydrogen-bond donors (Lipinski definition) is 4. The van der Waals surface area contributed by atoms with E-state index < -0.39 is 48.2 Å². The van der Waals surface area contributed by atoms with Crippen LogP contribution in [-0.4, -0.2) is 64.4 Å². The molecular formula is C28H39N3O7. The number of benzene rings is 2. The number of para-hydroxylation sites is 1. The van der Waals surface area contributed by atoms with Gasteiger partial charge < -0.3 is 35.2 Å². The van der Waals surface area contributed by atoms with Gasteiger partial charge in [0, 0.05) is 17.3 Å². The lowest BCUT2D eigenvalue weighted by molar-refractivity contribution is -0.144. The van der Waals surface area contributed by atoms with Crippen LogP contribution in [0.2, 0.25) is 0 Å². The highest BCUT2D eigenvalue weighted by Gasteiger charge is 2.39. The molecule has 0 spiro atoms. The van der Waals surface area contributed by atoms with Gasteiger partial charge in [-0.25, -0.2) is 4.79 Å². The standard InChI is InChI=1S/C28H39N3O7/c1-8-18(3)31(26(35)22(16-32)30-27(36)38-28(4,5)6)23(21-11-9-10-17(2)24(21)33)25(34)29-19-12-14-20(37-7)15-13-19/h9-15,18,22-23,32-33H,8,16H2,1-7H3,(H,29,34)(H,30,36). The Bertz CT molecular complexity index is 1110. The molecule has 0 heterocycles. The minimum atomic E-state index is -1.39. The largest absolute Gasteiger partial charge is 0.507 e. The quantitative estimate of drug-likeness (QED) is 0.366. The molecule has 0 aliphatic rings.